The summed E-state index contributed by atoms with van der Waals surface area (Å²) >= 11 is 0. The third-order valence-corrected chi connectivity index (χ3v) is 3.90. The molecule has 150 valence electrons. The van der Waals surface area contributed by atoms with Crippen molar-refractivity contribution in [3.05, 3.63) is 64.6 Å². The number of ether oxygens (including phenoxy) is 2. The number of carbonyl (C=O) groups is 2. The highest BCUT2D eigenvalue weighted by Gasteiger charge is 2.23. The van der Waals surface area contributed by atoms with Gasteiger partial charge in [0.1, 0.15) is 5.75 Å². The van der Waals surface area contributed by atoms with Crippen LogP contribution in [0.3, 0.4) is 0 Å². The molecule has 8 nitrogen and oxygen atoms in total. The highest BCUT2D eigenvalue weighted by molar-refractivity contribution is 6.03. The Bertz CT molecular complexity index is 1120. The van der Waals surface area contributed by atoms with Crippen LogP contribution < -0.4 is 15.6 Å². The number of H-pyrrole nitrogens is 1. The first-order chi connectivity index (χ1) is 13.9. The van der Waals surface area contributed by atoms with Crippen molar-refractivity contribution in [3.8, 4) is 5.75 Å². The van der Waals surface area contributed by atoms with Gasteiger partial charge in [0.15, 0.2) is 11.8 Å². The third kappa shape index (κ3) is 4.54. The number of aromatic amines is 1. The summed E-state index contributed by atoms with van der Waals surface area (Å²) in [7, 11) is 0. The predicted octanol–water partition coefficient (Wildman–Crippen LogP) is 2.71. The average Bonchev–Trinajstić information content (AvgIpc) is 2.69. The molecular weight excluding hydrogens is 388 g/mol. The van der Waals surface area contributed by atoms with Crippen LogP contribution in [-0.4, -0.2) is 34.8 Å². The van der Waals surface area contributed by atoms with Crippen LogP contribution in [-0.2, 0) is 9.53 Å². The fourth-order valence-electron chi connectivity index (χ4n) is 2.54. The summed E-state index contributed by atoms with van der Waals surface area (Å²) in [4.78, 5) is 36.6. The summed E-state index contributed by atoms with van der Waals surface area (Å²) in [6, 6.07) is 11.9. The van der Waals surface area contributed by atoms with E-state index in [1.807, 2.05) is 0 Å². The molecule has 0 saturated carbocycles. The molecule has 1 unspecified atom stereocenters. The molecule has 0 radical (unpaired) electrons. The Morgan fingerprint density at radius 1 is 1.07 bits per heavy atom. The lowest BCUT2D eigenvalue weighted by molar-refractivity contribution is -0.123. The van der Waals surface area contributed by atoms with Crippen LogP contribution in [0.25, 0.3) is 10.8 Å². The molecule has 10 heteroatoms. The van der Waals surface area contributed by atoms with Crippen LogP contribution in [0.2, 0.25) is 0 Å². The zero-order valence-electron chi connectivity index (χ0n) is 15.0. The first kappa shape index (κ1) is 19.9. The average molecular weight is 403 g/mol. The van der Waals surface area contributed by atoms with Gasteiger partial charge in [-0.15, -0.1) is 0 Å². The predicted molar refractivity (Wildman–Crippen MR) is 98.9 cm³/mol. The van der Waals surface area contributed by atoms with Crippen LogP contribution in [0.4, 0.5) is 14.5 Å². The van der Waals surface area contributed by atoms with E-state index in [0.29, 0.717) is 0 Å². The van der Waals surface area contributed by atoms with E-state index < -0.39 is 30.2 Å². The number of benzene rings is 2. The van der Waals surface area contributed by atoms with E-state index in [4.69, 9.17) is 4.74 Å². The van der Waals surface area contributed by atoms with Crippen molar-refractivity contribution in [1.29, 1.82) is 0 Å². The largest absolute Gasteiger partial charge is 0.448 e. The molecule has 2 N–H and O–H groups in total. The lowest BCUT2D eigenvalue weighted by atomic mass is 10.1. The van der Waals surface area contributed by atoms with Crippen LogP contribution in [0.5, 0.6) is 5.75 Å². The minimum Gasteiger partial charge on any atom is -0.448 e. The van der Waals surface area contributed by atoms with E-state index in [2.05, 4.69) is 20.3 Å². The van der Waals surface area contributed by atoms with Gasteiger partial charge in [-0.05, 0) is 25.1 Å². The lowest BCUT2D eigenvalue weighted by Crippen LogP contribution is -2.31. The fraction of sp³-hybridized carbons (Fsp3) is 0.158. The molecule has 1 amide bonds. The number of alkyl halides is 2. The SMILES string of the molecule is CC(OC(=O)c1n[nH]c(=O)c2ccccc12)C(=O)Nc1ccccc1OC(F)F. The van der Waals surface area contributed by atoms with Crippen molar-refractivity contribution in [1.82, 2.24) is 10.2 Å². The van der Waals surface area contributed by atoms with Crippen molar-refractivity contribution in [2.24, 2.45) is 0 Å². The molecule has 1 heterocycles. The second-order valence-electron chi connectivity index (χ2n) is 5.86. The fourth-order valence-corrected chi connectivity index (χ4v) is 2.54. The number of aromatic nitrogens is 2. The number of para-hydroxylation sites is 2. The second-order valence-corrected chi connectivity index (χ2v) is 5.86. The summed E-state index contributed by atoms with van der Waals surface area (Å²) in [6.45, 7) is -1.76. The number of rotatable bonds is 6. The van der Waals surface area contributed by atoms with Gasteiger partial charge in [0.2, 0.25) is 0 Å². The molecule has 29 heavy (non-hydrogen) atoms. The molecule has 0 aliphatic carbocycles. The Balaban J connectivity index is 1.75. The molecule has 0 fully saturated rings. The number of nitrogens with one attached hydrogen (secondary N) is 2. The molecule has 0 aliphatic heterocycles. The smallest absolute Gasteiger partial charge is 0.387 e. The van der Waals surface area contributed by atoms with E-state index >= 15 is 0 Å². The lowest BCUT2D eigenvalue weighted by Gasteiger charge is -2.15. The number of nitrogens with zero attached hydrogens (tertiary/aromatic N) is 1. The van der Waals surface area contributed by atoms with Gasteiger partial charge in [-0.2, -0.15) is 13.9 Å². The molecule has 3 aromatic rings. The van der Waals surface area contributed by atoms with Gasteiger partial charge in [0.05, 0.1) is 11.1 Å². The highest BCUT2D eigenvalue weighted by atomic mass is 19.3. The Kier molecular flexibility index (Phi) is 5.82. The molecule has 1 aromatic heterocycles. The van der Waals surface area contributed by atoms with Gasteiger partial charge in [0.25, 0.3) is 11.5 Å². The molecule has 2 aromatic carbocycles. The van der Waals surface area contributed by atoms with Crippen LogP contribution in [0.15, 0.2) is 53.3 Å². The van der Waals surface area contributed by atoms with Crippen LogP contribution in [0.1, 0.15) is 17.4 Å². The minimum absolute atomic E-state index is 0.00619. The van der Waals surface area contributed by atoms with Crippen LogP contribution >= 0.6 is 0 Å². The minimum atomic E-state index is -3.07. The molecule has 0 saturated heterocycles. The maximum absolute atomic E-state index is 12.5. The van der Waals surface area contributed by atoms with Crippen molar-refractivity contribution in [2.45, 2.75) is 19.6 Å². The standard InChI is InChI=1S/C19H15F2N3O5/c1-10(16(25)22-13-8-4-5-9-14(13)29-19(20)21)28-18(27)15-11-6-2-3-7-12(11)17(26)24-23-15/h2-10,19H,1H3,(H,22,25)(H,24,26). The Hall–Kier alpha value is -3.82. The third-order valence-electron chi connectivity index (χ3n) is 3.90. The van der Waals surface area contributed by atoms with Crippen molar-refractivity contribution < 1.29 is 27.8 Å². The number of amides is 1. The van der Waals surface area contributed by atoms with Crippen molar-refractivity contribution in [2.75, 3.05) is 5.32 Å². The molecule has 0 spiro atoms. The van der Waals surface area contributed by atoms with Gasteiger partial charge in [-0.25, -0.2) is 9.89 Å². The zero-order chi connectivity index (χ0) is 21.0. The number of halogens is 2. The summed E-state index contributed by atoms with van der Waals surface area (Å²) in [5.41, 5.74) is -0.645. The normalized spacial score (nSPS) is 11.9. The highest BCUT2D eigenvalue weighted by Crippen LogP contribution is 2.25. The van der Waals surface area contributed by atoms with E-state index in [-0.39, 0.29) is 27.9 Å². The monoisotopic (exact) mass is 403 g/mol. The summed E-state index contributed by atoms with van der Waals surface area (Å²) in [6.07, 6.45) is -1.28. The van der Waals surface area contributed by atoms with Gasteiger partial charge >= 0.3 is 12.6 Å². The van der Waals surface area contributed by atoms with Crippen LogP contribution in [0, 0.1) is 0 Å². The van der Waals surface area contributed by atoms with Gasteiger partial charge in [-0.3, -0.25) is 9.59 Å². The number of anilines is 1. The van der Waals surface area contributed by atoms with Gasteiger partial charge in [-0.1, -0.05) is 30.3 Å². The summed E-state index contributed by atoms with van der Waals surface area (Å²) in [5, 5.41) is 8.77. The van der Waals surface area contributed by atoms with Gasteiger partial charge < -0.3 is 14.8 Å². The Morgan fingerprint density at radius 2 is 1.72 bits per heavy atom. The van der Waals surface area contributed by atoms with Gasteiger partial charge in [0, 0.05) is 5.39 Å². The van der Waals surface area contributed by atoms with E-state index in [0.717, 1.165) is 0 Å². The molecule has 0 bridgehead atoms. The first-order valence-electron chi connectivity index (χ1n) is 8.40. The summed E-state index contributed by atoms with van der Waals surface area (Å²) < 4.78 is 34.4. The maximum Gasteiger partial charge on any atom is 0.387 e. The van der Waals surface area contributed by atoms with Crippen molar-refractivity contribution >= 4 is 28.3 Å². The Labute approximate surface area is 162 Å². The second kappa shape index (κ2) is 8.46. The Morgan fingerprint density at radius 3 is 2.45 bits per heavy atom. The number of esters is 1. The molecular formula is C19H15F2N3O5. The molecule has 3 rings (SSSR count). The maximum atomic E-state index is 12.5. The van der Waals surface area contributed by atoms with E-state index in [1.54, 1.807) is 12.1 Å². The molecule has 0 aliphatic rings. The van der Waals surface area contributed by atoms with Crippen molar-refractivity contribution in [3.63, 3.8) is 0 Å². The zero-order valence-corrected chi connectivity index (χ0v) is 15.0. The quantitative estimate of drug-likeness (QED) is 0.613. The number of hydrogen-bond acceptors (Lipinski definition) is 6. The van der Waals surface area contributed by atoms with E-state index in [9.17, 15) is 23.2 Å². The summed E-state index contributed by atoms with van der Waals surface area (Å²) in [5.74, 6) is -1.93. The topological polar surface area (TPSA) is 110 Å². The number of fused-ring (bicyclic) bond motifs is 1. The number of hydrogen-bond donors (Lipinski definition) is 2. The molecule has 1 atom stereocenters. The number of carbonyl (C=O) groups excluding carboxylic acids is 2. The first-order valence-corrected chi connectivity index (χ1v) is 8.40. The van der Waals surface area contributed by atoms with E-state index in [1.165, 1.54) is 43.3 Å².